The minimum Gasteiger partial charge on any atom is -0.384 e. The summed E-state index contributed by atoms with van der Waals surface area (Å²) in [6, 6.07) is 7.55. The first-order valence-electron chi connectivity index (χ1n) is 6.67. The van der Waals surface area contributed by atoms with Crippen molar-refractivity contribution in [1.29, 1.82) is 0 Å². The van der Waals surface area contributed by atoms with Crippen molar-refractivity contribution in [3.8, 4) is 11.8 Å². The second kappa shape index (κ2) is 9.94. The lowest BCUT2D eigenvalue weighted by Crippen LogP contribution is -2.30. The van der Waals surface area contributed by atoms with Gasteiger partial charge in [0.1, 0.15) is 13.2 Å². The number of hydrogen-bond donors (Lipinski definition) is 1. The SMILES string of the molecule is COCCOCC(=O)N(C)Cc1ccccc1C#CCO. The third-order valence-corrected chi connectivity index (χ3v) is 2.81. The zero-order chi connectivity index (χ0) is 15.5. The summed E-state index contributed by atoms with van der Waals surface area (Å²) in [6.45, 7) is 1.16. The average molecular weight is 291 g/mol. The van der Waals surface area contributed by atoms with Gasteiger partial charge in [-0.15, -0.1) is 0 Å². The summed E-state index contributed by atoms with van der Waals surface area (Å²) in [5, 5.41) is 8.76. The predicted octanol–water partition coefficient (Wildman–Crippen LogP) is 0.652. The molecule has 114 valence electrons. The third-order valence-electron chi connectivity index (χ3n) is 2.81. The van der Waals surface area contributed by atoms with E-state index in [0.29, 0.717) is 19.8 Å². The summed E-state index contributed by atoms with van der Waals surface area (Å²) in [5.74, 6) is 5.40. The van der Waals surface area contributed by atoms with Crippen LogP contribution in [-0.2, 0) is 20.8 Å². The van der Waals surface area contributed by atoms with Crippen molar-refractivity contribution >= 4 is 5.91 Å². The molecule has 0 saturated carbocycles. The second-order valence-electron chi connectivity index (χ2n) is 4.41. The molecule has 1 aromatic carbocycles. The van der Waals surface area contributed by atoms with Crippen molar-refractivity contribution in [1.82, 2.24) is 4.90 Å². The molecule has 1 aromatic rings. The Morgan fingerprint density at radius 1 is 1.33 bits per heavy atom. The van der Waals surface area contributed by atoms with Crippen LogP contribution < -0.4 is 0 Å². The van der Waals surface area contributed by atoms with Crippen LogP contribution in [0.2, 0.25) is 0 Å². The standard InChI is InChI=1S/C16H21NO4/c1-17(16(19)13-21-11-10-20-2)12-15-7-4-3-6-14(15)8-5-9-18/h3-4,6-7,18H,9-13H2,1-2H3. The number of aliphatic hydroxyl groups excluding tert-OH is 1. The first-order valence-corrected chi connectivity index (χ1v) is 6.67. The van der Waals surface area contributed by atoms with E-state index in [1.54, 1.807) is 19.1 Å². The van der Waals surface area contributed by atoms with E-state index in [0.717, 1.165) is 11.1 Å². The van der Waals surface area contributed by atoms with E-state index in [9.17, 15) is 4.79 Å². The molecule has 0 aliphatic carbocycles. The van der Waals surface area contributed by atoms with Crippen LogP contribution in [0.5, 0.6) is 0 Å². The maximum atomic E-state index is 11.9. The fraction of sp³-hybridized carbons (Fsp3) is 0.438. The Hall–Kier alpha value is -1.87. The van der Waals surface area contributed by atoms with Crippen LogP contribution in [0.25, 0.3) is 0 Å². The molecule has 21 heavy (non-hydrogen) atoms. The topological polar surface area (TPSA) is 59.0 Å². The average Bonchev–Trinajstić information content (AvgIpc) is 2.50. The molecule has 0 heterocycles. The quantitative estimate of drug-likeness (QED) is 0.592. The Morgan fingerprint density at radius 2 is 2.10 bits per heavy atom. The van der Waals surface area contributed by atoms with Crippen LogP contribution in [0.15, 0.2) is 24.3 Å². The van der Waals surface area contributed by atoms with E-state index in [1.807, 2.05) is 24.3 Å². The number of nitrogens with zero attached hydrogens (tertiary/aromatic N) is 1. The van der Waals surface area contributed by atoms with Crippen molar-refractivity contribution in [3.63, 3.8) is 0 Å². The Kier molecular flexibility index (Phi) is 8.14. The van der Waals surface area contributed by atoms with E-state index >= 15 is 0 Å². The molecule has 0 radical (unpaired) electrons. The highest BCUT2D eigenvalue weighted by Gasteiger charge is 2.10. The van der Waals surface area contributed by atoms with E-state index in [2.05, 4.69) is 11.8 Å². The zero-order valence-electron chi connectivity index (χ0n) is 12.5. The van der Waals surface area contributed by atoms with Crippen LogP contribution >= 0.6 is 0 Å². The van der Waals surface area contributed by atoms with Crippen LogP contribution in [0.1, 0.15) is 11.1 Å². The van der Waals surface area contributed by atoms with Gasteiger partial charge in [-0.05, 0) is 11.6 Å². The maximum absolute atomic E-state index is 11.9. The first-order chi connectivity index (χ1) is 10.2. The molecule has 0 saturated heterocycles. The Bertz CT molecular complexity index is 504. The molecule has 1 N–H and O–H groups in total. The fourth-order valence-electron chi connectivity index (χ4n) is 1.67. The third kappa shape index (κ3) is 6.41. The summed E-state index contributed by atoms with van der Waals surface area (Å²) in [4.78, 5) is 13.5. The molecule has 0 aliphatic heterocycles. The van der Waals surface area contributed by atoms with Crippen molar-refractivity contribution in [2.45, 2.75) is 6.54 Å². The molecule has 0 bridgehead atoms. The lowest BCUT2D eigenvalue weighted by Gasteiger charge is -2.18. The monoisotopic (exact) mass is 291 g/mol. The summed E-state index contributed by atoms with van der Waals surface area (Å²) < 4.78 is 10.1. The van der Waals surface area contributed by atoms with Crippen LogP contribution in [0.4, 0.5) is 0 Å². The first kappa shape index (κ1) is 17.2. The van der Waals surface area contributed by atoms with Gasteiger partial charge in [0.25, 0.3) is 0 Å². The molecule has 5 nitrogen and oxygen atoms in total. The Morgan fingerprint density at radius 3 is 2.81 bits per heavy atom. The number of methoxy groups -OCH3 is 1. The highest BCUT2D eigenvalue weighted by Crippen LogP contribution is 2.10. The van der Waals surface area contributed by atoms with Gasteiger partial charge in [0.05, 0.1) is 13.2 Å². The Balaban J connectivity index is 2.57. The molecular weight excluding hydrogens is 270 g/mol. The summed E-state index contributed by atoms with van der Waals surface area (Å²) in [5.41, 5.74) is 1.75. The second-order valence-corrected chi connectivity index (χ2v) is 4.41. The number of likely N-dealkylation sites (N-methyl/N-ethyl adjacent to an activating group) is 1. The number of hydrogen-bond acceptors (Lipinski definition) is 4. The Labute approximate surface area is 125 Å². The molecule has 0 aromatic heterocycles. The predicted molar refractivity (Wildman–Crippen MR) is 79.6 cm³/mol. The van der Waals surface area contributed by atoms with Crippen molar-refractivity contribution in [2.24, 2.45) is 0 Å². The highest BCUT2D eigenvalue weighted by atomic mass is 16.5. The van der Waals surface area contributed by atoms with E-state index in [4.69, 9.17) is 14.6 Å². The number of carbonyl (C=O) groups is 1. The molecule has 0 aliphatic rings. The number of aliphatic hydroxyl groups is 1. The van der Waals surface area contributed by atoms with E-state index < -0.39 is 0 Å². The van der Waals surface area contributed by atoms with Crippen molar-refractivity contribution in [2.75, 3.05) is 40.6 Å². The van der Waals surface area contributed by atoms with Gasteiger partial charge >= 0.3 is 0 Å². The van der Waals surface area contributed by atoms with E-state index in [-0.39, 0.29) is 19.1 Å². The summed E-state index contributed by atoms with van der Waals surface area (Å²) in [6.07, 6.45) is 0. The van der Waals surface area contributed by atoms with Crippen LogP contribution in [-0.4, -0.2) is 56.5 Å². The smallest absolute Gasteiger partial charge is 0.248 e. The van der Waals surface area contributed by atoms with Gasteiger partial charge in [0, 0.05) is 26.3 Å². The van der Waals surface area contributed by atoms with Gasteiger partial charge < -0.3 is 19.5 Å². The van der Waals surface area contributed by atoms with Gasteiger partial charge in [-0.25, -0.2) is 0 Å². The maximum Gasteiger partial charge on any atom is 0.248 e. The van der Waals surface area contributed by atoms with Gasteiger partial charge in [0.2, 0.25) is 5.91 Å². The van der Waals surface area contributed by atoms with Crippen LogP contribution in [0, 0.1) is 11.8 Å². The summed E-state index contributed by atoms with van der Waals surface area (Å²) >= 11 is 0. The van der Waals surface area contributed by atoms with Crippen molar-refractivity contribution < 1.29 is 19.4 Å². The van der Waals surface area contributed by atoms with E-state index in [1.165, 1.54) is 0 Å². The normalized spacial score (nSPS) is 9.86. The lowest BCUT2D eigenvalue weighted by atomic mass is 10.1. The number of ether oxygens (including phenoxy) is 2. The van der Waals surface area contributed by atoms with Gasteiger partial charge in [0.15, 0.2) is 0 Å². The molecule has 0 atom stereocenters. The molecule has 0 fully saturated rings. The van der Waals surface area contributed by atoms with Crippen molar-refractivity contribution in [3.05, 3.63) is 35.4 Å². The van der Waals surface area contributed by atoms with Crippen LogP contribution in [0.3, 0.4) is 0 Å². The minimum atomic E-state index is -0.184. The van der Waals surface area contributed by atoms with Gasteiger partial charge in [-0.3, -0.25) is 4.79 Å². The lowest BCUT2D eigenvalue weighted by molar-refractivity contribution is -0.135. The van der Waals surface area contributed by atoms with Gasteiger partial charge in [-0.1, -0.05) is 30.0 Å². The molecule has 1 amide bonds. The fourth-order valence-corrected chi connectivity index (χ4v) is 1.67. The number of rotatable bonds is 7. The molecule has 1 rings (SSSR count). The van der Waals surface area contributed by atoms with Gasteiger partial charge in [-0.2, -0.15) is 0 Å². The molecular formula is C16H21NO4. The molecule has 0 spiro atoms. The number of benzene rings is 1. The number of amides is 1. The number of carbonyl (C=O) groups excluding carboxylic acids is 1. The molecule has 5 heteroatoms. The largest absolute Gasteiger partial charge is 0.384 e. The zero-order valence-corrected chi connectivity index (χ0v) is 12.5. The summed E-state index contributed by atoms with van der Waals surface area (Å²) in [7, 11) is 3.31. The molecule has 0 unspecified atom stereocenters. The minimum absolute atomic E-state index is 0.0321. The highest BCUT2D eigenvalue weighted by molar-refractivity contribution is 5.77.